The van der Waals surface area contributed by atoms with E-state index in [0.29, 0.717) is 22.9 Å². The van der Waals surface area contributed by atoms with E-state index in [1.165, 1.54) is 12.7 Å². The van der Waals surface area contributed by atoms with Crippen LogP contribution in [0.4, 0.5) is 17.1 Å². The highest BCUT2D eigenvalue weighted by Crippen LogP contribution is 2.26. The topological polar surface area (TPSA) is 80.3 Å². The molecule has 0 radical (unpaired) electrons. The Labute approximate surface area is 169 Å². The van der Waals surface area contributed by atoms with Gasteiger partial charge in [-0.3, -0.25) is 4.79 Å². The number of nitrogens with one attached hydrogen (secondary N) is 2. The quantitative estimate of drug-likeness (QED) is 0.581. The first-order valence-electron chi connectivity index (χ1n) is 9.29. The molecule has 0 aliphatic rings. The van der Waals surface area contributed by atoms with Crippen LogP contribution in [-0.4, -0.2) is 24.0 Å². The molecule has 1 heterocycles. The number of esters is 1. The number of amides is 1. The first-order chi connectivity index (χ1) is 14.0. The van der Waals surface area contributed by atoms with Crippen LogP contribution in [0.2, 0.25) is 0 Å². The van der Waals surface area contributed by atoms with Crippen molar-refractivity contribution in [3.8, 4) is 0 Å². The molecule has 0 bridgehead atoms. The fourth-order valence-corrected chi connectivity index (χ4v) is 2.87. The third-order valence-corrected chi connectivity index (χ3v) is 4.42. The van der Waals surface area contributed by atoms with Crippen molar-refractivity contribution in [3.05, 3.63) is 83.7 Å². The number of methoxy groups -OCH3 is 1. The Morgan fingerprint density at radius 1 is 0.931 bits per heavy atom. The normalized spacial score (nSPS) is 10.5. The van der Waals surface area contributed by atoms with Crippen LogP contribution in [-0.2, 0) is 4.74 Å². The Morgan fingerprint density at radius 2 is 1.62 bits per heavy atom. The third-order valence-electron chi connectivity index (χ3n) is 4.42. The van der Waals surface area contributed by atoms with Crippen LogP contribution in [0, 0.1) is 0 Å². The van der Waals surface area contributed by atoms with Gasteiger partial charge in [0.05, 0.1) is 24.6 Å². The summed E-state index contributed by atoms with van der Waals surface area (Å²) >= 11 is 0. The maximum Gasteiger partial charge on any atom is 0.337 e. The molecular weight excluding hydrogens is 366 g/mol. The molecule has 1 amide bonds. The molecule has 148 valence electrons. The van der Waals surface area contributed by atoms with Crippen molar-refractivity contribution >= 4 is 28.9 Å². The van der Waals surface area contributed by atoms with Gasteiger partial charge in [-0.05, 0) is 53.9 Å². The summed E-state index contributed by atoms with van der Waals surface area (Å²) < 4.78 is 4.66. The number of anilines is 3. The van der Waals surface area contributed by atoms with E-state index in [0.717, 1.165) is 11.4 Å². The van der Waals surface area contributed by atoms with E-state index in [9.17, 15) is 9.59 Å². The standard InChI is InChI=1S/C23H23N3O3/c1-15(2)19-6-4-5-7-20(19)25-18-12-13-21(24-14-18)22(27)26-17-10-8-16(9-11-17)23(28)29-3/h4-15,25H,1-3H3,(H,26,27). The molecule has 0 fully saturated rings. The molecule has 0 aliphatic heterocycles. The fourth-order valence-electron chi connectivity index (χ4n) is 2.87. The minimum atomic E-state index is -0.424. The maximum atomic E-state index is 12.4. The SMILES string of the molecule is COC(=O)c1ccc(NC(=O)c2ccc(Nc3ccccc3C(C)C)cn2)cc1. The second-order valence-corrected chi connectivity index (χ2v) is 6.82. The summed E-state index contributed by atoms with van der Waals surface area (Å²) in [6, 6.07) is 18.1. The molecule has 2 aromatic carbocycles. The van der Waals surface area contributed by atoms with E-state index in [-0.39, 0.29) is 5.91 Å². The minimum Gasteiger partial charge on any atom is -0.465 e. The van der Waals surface area contributed by atoms with Gasteiger partial charge in [-0.15, -0.1) is 0 Å². The van der Waals surface area contributed by atoms with Crippen LogP contribution < -0.4 is 10.6 Å². The number of aromatic nitrogens is 1. The second-order valence-electron chi connectivity index (χ2n) is 6.82. The fraction of sp³-hybridized carbons (Fsp3) is 0.174. The zero-order valence-electron chi connectivity index (χ0n) is 16.6. The van der Waals surface area contributed by atoms with Crippen molar-refractivity contribution < 1.29 is 14.3 Å². The summed E-state index contributed by atoms with van der Waals surface area (Å²) in [5, 5.41) is 6.12. The predicted octanol–water partition coefficient (Wildman–Crippen LogP) is 4.99. The van der Waals surface area contributed by atoms with Crippen molar-refractivity contribution in [2.45, 2.75) is 19.8 Å². The molecule has 29 heavy (non-hydrogen) atoms. The Morgan fingerprint density at radius 3 is 2.24 bits per heavy atom. The molecule has 0 aliphatic carbocycles. The van der Waals surface area contributed by atoms with Crippen molar-refractivity contribution in [2.75, 3.05) is 17.7 Å². The van der Waals surface area contributed by atoms with Crippen LogP contribution in [0.1, 0.15) is 46.2 Å². The highest BCUT2D eigenvalue weighted by Gasteiger charge is 2.10. The van der Waals surface area contributed by atoms with Gasteiger partial charge in [0.1, 0.15) is 5.69 Å². The van der Waals surface area contributed by atoms with Crippen molar-refractivity contribution in [1.82, 2.24) is 4.98 Å². The number of pyridine rings is 1. The van der Waals surface area contributed by atoms with Crippen LogP contribution in [0.3, 0.4) is 0 Å². The lowest BCUT2D eigenvalue weighted by Crippen LogP contribution is -2.13. The number of nitrogens with zero attached hydrogens (tertiary/aromatic N) is 1. The first-order valence-corrected chi connectivity index (χ1v) is 9.29. The highest BCUT2D eigenvalue weighted by molar-refractivity contribution is 6.03. The van der Waals surface area contributed by atoms with Gasteiger partial charge >= 0.3 is 5.97 Å². The van der Waals surface area contributed by atoms with E-state index >= 15 is 0 Å². The highest BCUT2D eigenvalue weighted by atomic mass is 16.5. The van der Waals surface area contributed by atoms with Gasteiger partial charge in [0.25, 0.3) is 5.91 Å². The summed E-state index contributed by atoms with van der Waals surface area (Å²) in [5.41, 5.74) is 4.32. The summed E-state index contributed by atoms with van der Waals surface area (Å²) in [7, 11) is 1.32. The smallest absolute Gasteiger partial charge is 0.337 e. The van der Waals surface area contributed by atoms with E-state index < -0.39 is 5.97 Å². The molecule has 0 unspecified atom stereocenters. The number of para-hydroxylation sites is 1. The molecular formula is C23H23N3O3. The van der Waals surface area contributed by atoms with Crippen LogP contribution >= 0.6 is 0 Å². The molecule has 0 saturated carbocycles. The zero-order valence-corrected chi connectivity index (χ0v) is 16.6. The van der Waals surface area contributed by atoms with Crippen molar-refractivity contribution in [3.63, 3.8) is 0 Å². The van der Waals surface area contributed by atoms with E-state index in [1.807, 2.05) is 24.3 Å². The lowest BCUT2D eigenvalue weighted by atomic mass is 10.0. The Kier molecular flexibility index (Phi) is 6.24. The van der Waals surface area contributed by atoms with Crippen LogP contribution in [0.15, 0.2) is 66.9 Å². The summed E-state index contributed by atoms with van der Waals surface area (Å²) in [6.07, 6.45) is 1.63. The molecule has 6 nitrogen and oxygen atoms in total. The number of hydrogen-bond acceptors (Lipinski definition) is 5. The second kappa shape index (κ2) is 9.01. The average molecular weight is 389 g/mol. The van der Waals surface area contributed by atoms with Crippen LogP contribution in [0.25, 0.3) is 0 Å². The van der Waals surface area contributed by atoms with E-state index in [2.05, 4.69) is 40.3 Å². The Balaban J connectivity index is 1.67. The van der Waals surface area contributed by atoms with Crippen LogP contribution in [0.5, 0.6) is 0 Å². The molecule has 2 N–H and O–H groups in total. The molecule has 3 aromatic rings. The molecule has 0 spiro atoms. The number of rotatable bonds is 6. The summed E-state index contributed by atoms with van der Waals surface area (Å²) in [6.45, 7) is 4.29. The van der Waals surface area contributed by atoms with Gasteiger partial charge in [0.2, 0.25) is 0 Å². The third kappa shape index (κ3) is 4.99. The van der Waals surface area contributed by atoms with Gasteiger partial charge in [-0.1, -0.05) is 32.0 Å². The Bertz CT molecular complexity index is 997. The molecule has 1 aromatic heterocycles. The largest absolute Gasteiger partial charge is 0.465 e. The average Bonchev–Trinajstić information content (AvgIpc) is 2.74. The summed E-state index contributed by atoms with van der Waals surface area (Å²) in [5.74, 6) is -0.362. The van der Waals surface area contributed by atoms with Crippen molar-refractivity contribution in [2.24, 2.45) is 0 Å². The minimum absolute atomic E-state index is 0.296. The number of carbonyl (C=O) groups excluding carboxylic acids is 2. The van der Waals surface area contributed by atoms with E-state index in [1.54, 1.807) is 36.5 Å². The first kappa shape index (κ1) is 20.1. The summed E-state index contributed by atoms with van der Waals surface area (Å²) in [4.78, 5) is 28.1. The Hall–Kier alpha value is -3.67. The number of ether oxygens (including phenoxy) is 1. The number of hydrogen-bond donors (Lipinski definition) is 2. The lowest BCUT2D eigenvalue weighted by molar-refractivity contribution is 0.0600. The van der Waals surface area contributed by atoms with Gasteiger partial charge in [-0.25, -0.2) is 9.78 Å². The predicted molar refractivity (Wildman–Crippen MR) is 114 cm³/mol. The van der Waals surface area contributed by atoms with Gasteiger partial charge in [0.15, 0.2) is 0 Å². The molecule has 0 atom stereocenters. The lowest BCUT2D eigenvalue weighted by Gasteiger charge is -2.14. The monoisotopic (exact) mass is 389 g/mol. The van der Waals surface area contributed by atoms with E-state index in [4.69, 9.17) is 0 Å². The molecule has 6 heteroatoms. The van der Waals surface area contributed by atoms with Gasteiger partial charge in [0, 0.05) is 11.4 Å². The van der Waals surface area contributed by atoms with Gasteiger partial charge < -0.3 is 15.4 Å². The molecule has 0 saturated heterocycles. The molecule has 3 rings (SSSR count). The van der Waals surface area contributed by atoms with Gasteiger partial charge in [-0.2, -0.15) is 0 Å². The number of carbonyl (C=O) groups is 2. The number of benzene rings is 2. The zero-order chi connectivity index (χ0) is 20.8. The maximum absolute atomic E-state index is 12.4. The van der Waals surface area contributed by atoms with Crippen molar-refractivity contribution in [1.29, 1.82) is 0 Å².